The zero-order valence-corrected chi connectivity index (χ0v) is 23.6. The van der Waals surface area contributed by atoms with Gasteiger partial charge in [0.15, 0.2) is 0 Å². The van der Waals surface area contributed by atoms with Gasteiger partial charge in [0.25, 0.3) is 0 Å². The highest BCUT2D eigenvalue weighted by atomic mass is 14.3. The Morgan fingerprint density at radius 3 is 0.946 bits per heavy atom. The molecule has 0 saturated carbocycles. The van der Waals surface area contributed by atoms with Crippen molar-refractivity contribution >= 4 is 22.3 Å². The third kappa shape index (κ3) is 4.62. The zero-order chi connectivity index (χ0) is 26.4. The number of aryl methyl sites for hydroxylation is 8. The molecule has 5 rings (SSSR count). The van der Waals surface area contributed by atoms with Crippen LogP contribution in [-0.2, 0) is 0 Å². The Morgan fingerprint density at radius 2 is 0.622 bits per heavy atom. The minimum absolute atomic E-state index is 0.931. The molecule has 4 aromatic carbocycles. The largest absolute Gasteiger partial charge is 0.0590 e. The minimum atomic E-state index is 0.931. The molecule has 0 unspecified atom stereocenters. The van der Waals surface area contributed by atoms with E-state index < -0.39 is 0 Å². The van der Waals surface area contributed by atoms with Crippen LogP contribution in [0.1, 0.15) is 73.2 Å². The highest BCUT2D eigenvalue weighted by Crippen LogP contribution is 2.53. The van der Waals surface area contributed by atoms with Crippen molar-refractivity contribution in [2.75, 3.05) is 0 Å². The van der Waals surface area contributed by atoms with E-state index in [9.17, 15) is 0 Å². The Kier molecular flexibility index (Phi) is 6.54. The SMILES string of the molecule is Cc1ccc(C)c(C2=C(c3cc(C)ccc3C)C(c3cc(C)ccc3C)=C(c3cc(C)ccc3C)C2)c1. The van der Waals surface area contributed by atoms with Crippen LogP contribution >= 0.6 is 0 Å². The first kappa shape index (κ1) is 25.0. The fourth-order valence-electron chi connectivity index (χ4n) is 5.84. The summed E-state index contributed by atoms with van der Waals surface area (Å²) in [6, 6.07) is 27.7. The van der Waals surface area contributed by atoms with Crippen LogP contribution < -0.4 is 0 Å². The molecule has 0 nitrogen and oxygen atoms in total. The number of allylic oxidation sites excluding steroid dienone is 4. The second-order valence-corrected chi connectivity index (χ2v) is 11.2. The average Bonchev–Trinajstić information content (AvgIpc) is 3.24. The van der Waals surface area contributed by atoms with Crippen molar-refractivity contribution in [3.05, 3.63) is 140 Å². The predicted molar refractivity (Wildman–Crippen MR) is 162 cm³/mol. The van der Waals surface area contributed by atoms with E-state index in [1.54, 1.807) is 0 Å². The summed E-state index contributed by atoms with van der Waals surface area (Å²) < 4.78 is 0. The van der Waals surface area contributed by atoms with Crippen LogP contribution in [-0.4, -0.2) is 0 Å². The molecular formula is C37H38. The van der Waals surface area contributed by atoms with Gasteiger partial charge >= 0.3 is 0 Å². The molecule has 0 saturated heterocycles. The van der Waals surface area contributed by atoms with Crippen molar-refractivity contribution < 1.29 is 0 Å². The van der Waals surface area contributed by atoms with Gasteiger partial charge in [0.1, 0.15) is 0 Å². The topological polar surface area (TPSA) is 0 Å². The van der Waals surface area contributed by atoms with E-state index in [0.717, 1.165) is 6.42 Å². The molecule has 1 aliphatic rings. The lowest BCUT2D eigenvalue weighted by atomic mass is 9.84. The normalized spacial score (nSPS) is 13.6. The molecule has 186 valence electrons. The first-order valence-corrected chi connectivity index (χ1v) is 13.4. The fraction of sp³-hybridized carbons (Fsp3) is 0.243. The van der Waals surface area contributed by atoms with Crippen molar-refractivity contribution in [2.24, 2.45) is 0 Å². The summed E-state index contributed by atoms with van der Waals surface area (Å²) in [5, 5.41) is 0. The van der Waals surface area contributed by atoms with Crippen LogP contribution in [0.3, 0.4) is 0 Å². The molecule has 0 aliphatic heterocycles. The third-order valence-corrected chi connectivity index (χ3v) is 7.97. The number of hydrogen-bond donors (Lipinski definition) is 0. The molecule has 0 fully saturated rings. The van der Waals surface area contributed by atoms with Crippen LogP contribution in [0, 0.1) is 55.4 Å². The summed E-state index contributed by atoms with van der Waals surface area (Å²) in [6.45, 7) is 17.9. The quantitative estimate of drug-likeness (QED) is 0.271. The monoisotopic (exact) mass is 482 g/mol. The predicted octanol–water partition coefficient (Wildman–Crippen LogP) is 10.1. The molecule has 0 bridgehead atoms. The number of hydrogen-bond acceptors (Lipinski definition) is 0. The second kappa shape index (κ2) is 9.67. The summed E-state index contributed by atoms with van der Waals surface area (Å²) in [5.41, 5.74) is 21.7. The standard InChI is InChI=1S/C37H38/c1-22-9-13-26(5)30(17-22)34-21-35(31-18-23(2)10-14-27(31)6)37(33-20-25(4)12-16-29(33)8)36(34)32-19-24(3)11-15-28(32)7/h9-20H,21H2,1-8H3. The van der Waals surface area contributed by atoms with Gasteiger partial charge < -0.3 is 0 Å². The van der Waals surface area contributed by atoms with E-state index in [1.165, 1.54) is 89.1 Å². The number of rotatable bonds is 4. The molecule has 1 aliphatic carbocycles. The fourth-order valence-corrected chi connectivity index (χ4v) is 5.84. The number of benzene rings is 4. The highest BCUT2D eigenvalue weighted by Gasteiger charge is 2.31. The van der Waals surface area contributed by atoms with Crippen LogP contribution in [0.2, 0.25) is 0 Å². The van der Waals surface area contributed by atoms with Crippen LogP contribution in [0.25, 0.3) is 22.3 Å². The molecule has 0 N–H and O–H groups in total. The van der Waals surface area contributed by atoms with Crippen molar-refractivity contribution in [2.45, 2.75) is 61.8 Å². The smallest absolute Gasteiger partial charge is 0.0000899 e. The molecule has 0 aromatic heterocycles. The molecule has 0 spiro atoms. The Balaban J connectivity index is 1.95. The Morgan fingerprint density at radius 1 is 0.351 bits per heavy atom. The Labute approximate surface area is 223 Å². The Hall–Kier alpha value is -3.64. The molecule has 0 heteroatoms. The summed E-state index contributed by atoms with van der Waals surface area (Å²) in [7, 11) is 0. The van der Waals surface area contributed by atoms with Gasteiger partial charge in [0, 0.05) is 0 Å². The first-order chi connectivity index (χ1) is 17.6. The molecule has 37 heavy (non-hydrogen) atoms. The van der Waals surface area contributed by atoms with Gasteiger partial charge in [-0.25, -0.2) is 0 Å². The second-order valence-electron chi connectivity index (χ2n) is 11.2. The summed E-state index contributed by atoms with van der Waals surface area (Å²) in [4.78, 5) is 0. The van der Waals surface area contributed by atoms with Gasteiger partial charge in [-0.15, -0.1) is 0 Å². The van der Waals surface area contributed by atoms with Gasteiger partial charge in [-0.3, -0.25) is 0 Å². The Bertz CT molecular complexity index is 1480. The molecule has 0 heterocycles. The minimum Gasteiger partial charge on any atom is -0.0590 e. The van der Waals surface area contributed by atoms with Crippen LogP contribution in [0.5, 0.6) is 0 Å². The highest BCUT2D eigenvalue weighted by molar-refractivity contribution is 6.28. The maximum absolute atomic E-state index is 2.40. The average molecular weight is 483 g/mol. The zero-order valence-electron chi connectivity index (χ0n) is 23.6. The van der Waals surface area contributed by atoms with Gasteiger partial charge in [-0.05, 0) is 129 Å². The van der Waals surface area contributed by atoms with E-state index in [-0.39, 0.29) is 0 Å². The lowest BCUT2D eigenvalue weighted by molar-refractivity contribution is 1.30. The lowest BCUT2D eigenvalue weighted by Gasteiger charge is -2.20. The van der Waals surface area contributed by atoms with E-state index >= 15 is 0 Å². The van der Waals surface area contributed by atoms with E-state index in [2.05, 4.69) is 128 Å². The lowest BCUT2D eigenvalue weighted by Crippen LogP contribution is -1.99. The van der Waals surface area contributed by atoms with Gasteiger partial charge in [0.05, 0.1) is 0 Å². The van der Waals surface area contributed by atoms with E-state index in [1.807, 2.05) is 0 Å². The summed E-state index contributed by atoms with van der Waals surface area (Å²) >= 11 is 0. The molecular weight excluding hydrogens is 444 g/mol. The van der Waals surface area contributed by atoms with E-state index in [0.29, 0.717) is 0 Å². The van der Waals surface area contributed by atoms with Crippen LogP contribution in [0.4, 0.5) is 0 Å². The van der Waals surface area contributed by atoms with Crippen molar-refractivity contribution in [3.8, 4) is 0 Å². The van der Waals surface area contributed by atoms with Gasteiger partial charge in [-0.2, -0.15) is 0 Å². The maximum atomic E-state index is 2.40. The first-order valence-electron chi connectivity index (χ1n) is 13.4. The molecule has 0 atom stereocenters. The summed E-state index contributed by atoms with van der Waals surface area (Å²) in [6.07, 6.45) is 0.931. The molecule has 0 radical (unpaired) electrons. The van der Waals surface area contributed by atoms with Gasteiger partial charge in [0.2, 0.25) is 0 Å². The van der Waals surface area contributed by atoms with E-state index in [4.69, 9.17) is 0 Å². The van der Waals surface area contributed by atoms with Crippen molar-refractivity contribution in [1.29, 1.82) is 0 Å². The maximum Gasteiger partial charge on any atom is -0.0000899 e. The molecule has 4 aromatic rings. The van der Waals surface area contributed by atoms with Crippen molar-refractivity contribution in [3.63, 3.8) is 0 Å². The van der Waals surface area contributed by atoms with Gasteiger partial charge in [-0.1, -0.05) is 95.1 Å². The van der Waals surface area contributed by atoms with Crippen LogP contribution in [0.15, 0.2) is 72.8 Å². The third-order valence-electron chi connectivity index (χ3n) is 7.97. The summed E-state index contributed by atoms with van der Waals surface area (Å²) in [5.74, 6) is 0. The van der Waals surface area contributed by atoms with Crippen molar-refractivity contribution in [1.82, 2.24) is 0 Å². The molecule has 0 amide bonds.